The molecule has 13 heteroatoms. The number of carbonyl (C=O) groups is 3. The van der Waals surface area contributed by atoms with Crippen LogP contribution in [-0.4, -0.2) is 53.8 Å². The molecule has 0 aliphatic rings. The highest BCUT2D eigenvalue weighted by molar-refractivity contribution is 7.18. The van der Waals surface area contributed by atoms with E-state index in [2.05, 4.69) is 20.3 Å². The molecule has 1 amide bonds. The zero-order valence-corrected chi connectivity index (χ0v) is 16.8. The van der Waals surface area contributed by atoms with E-state index in [0.29, 0.717) is 6.42 Å². The average molecular weight is 426 g/mol. The fourth-order valence-electron chi connectivity index (χ4n) is 2.36. The summed E-state index contributed by atoms with van der Waals surface area (Å²) in [6.45, 7) is 3.45. The lowest BCUT2D eigenvalue weighted by atomic mass is 10.1. The summed E-state index contributed by atoms with van der Waals surface area (Å²) in [6, 6.07) is 0. The van der Waals surface area contributed by atoms with Gasteiger partial charge in [0.1, 0.15) is 9.88 Å². The zero-order valence-electron chi connectivity index (χ0n) is 16.0. The van der Waals surface area contributed by atoms with Crippen LogP contribution >= 0.6 is 11.3 Å². The van der Waals surface area contributed by atoms with Gasteiger partial charge in [0.15, 0.2) is 0 Å². The Morgan fingerprint density at radius 3 is 2.52 bits per heavy atom. The number of methoxy groups -OCH3 is 2. The highest BCUT2D eigenvalue weighted by Gasteiger charge is 2.32. The largest absolute Gasteiger partial charge is 0.475 e. The van der Waals surface area contributed by atoms with Gasteiger partial charge in [-0.2, -0.15) is 0 Å². The first-order chi connectivity index (χ1) is 13.8. The van der Waals surface area contributed by atoms with Crippen molar-refractivity contribution in [3.8, 4) is 5.88 Å². The third-order valence-corrected chi connectivity index (χ3v) is 4.88. The van der Waals surface area contributed by atoms with Gasteiger partial charge in [-0.3, -0.25) is 20.0 Å². The number of thiophene rings is 1. The third kappa shape index (κ3) is 4.34. The van der Waals surface area contributed by atoms with Gasteiger partial charge in [0.2, 0.25) is 5.69 Å². The van der Waals surface area contributed by atoms with Crippen molar-refractivity contribution in [2.24, 2.45) is 0 Å². The first-order valence-electron chi connectivity index (χ1n) is 8.23. The summed E-state index contributed by atoms with van der Waals surface area (Å²) in [5.41, 5.74) is -0.923. The van der Waals surface area contributed by atoms with Gasteiger partial charge in [0, 0.05) is 0 Å². The highest BCUT2D eigenvalue weighted by Crippen LogP contribution is 2.35. The number of rotatable bonds is 8. The molecule has 2 N–H and O–H groups in total. The third-order valence-electron chi connectivity index (χ3n) is 3.70. The molecule has 0 radical (unpaired) electrons. The molecule has 29 heavy (non-hydrogen) atoms. The Bertz CT molecular complexity index is 965. The first kappa shape index (κ1) is 21.8. The van der Waals surface area contributed by atoms with Gasteiger partial charge in [-0.1, -0.05) is 6.92 Å². The summed E-state index contributed by atoms with van der Waals surface area (Å²) in [6.07, 6.45) is 0.570. The molecule has 0 atom stereocenters. The maximum Gasteiger partial charge on any atom is 0.362 e. The standard InChI is InChI=1S/C16H18N4O8S/c1-5-6-28-15(22)8-7(2)11(16(23)27-4)29-14(8)17-12(21)9-10(20(24)25)13(26-3)19-18-9/h5-6H2,1-4H3,(H,17,21)(H,18,19). The SMILES string of the molecule is CCCOC(=O)c1c(NC(=O)c2[nH]nc(OC)c2[N+](=O)[O-])sc(C(=O)OC)c1C. The second-order valence-electron chi connectivity index (χ2n) is 5.56. The van der Waals surface area contributed by atoms with Crippen molar-refractivity contribution in [3.05, 3.63) is 31.8 Å². The Labute approximate surface area is 168 Å². The zero-order chi connectivity index (χ0) is 21.7. The predicted molar refractivity (Wildman–Crippen MR) is 101 cm³/mol. The van der Waals surface area contributed by atoms with Crippen LogP contribution in [0.4, 0.5) is 10.7 Å². The Morgan fingerprint density at radius 2 is 1.97 bits per heavy atom. The first-order valence-corrected chi connectivity index (χ1v) is 9.05. The number of aromatic amines is 1. The minimum Gasteiger partial charge on any atom is -0.475 e. The van der Waals surface area contributed by atoms with Gasteiger partial charge in [0.05, 0.1) is 31.3 Å². The van der Waals surface area contributed by atoms with Crippen LogP contribution in [0.1, 0.15) is 49.4 Å². The number of H-pyrrole nitrogens is 1. The summed E-state index contributed by atoms with van der Waals surface area (Å²) < 4.78 is 14.6. The van der Waals surface area contributed by atoms with Crippen LogP contribution in [0.2, 0.25) is 0 Å². The average Bonchev–Trinajstić information content (AvgIpc) is 3.26. The van der Waals surface area contributed by atoms with Gasteiger partial charge >= 0.3 is 23.5 Å². The van der Waals surface area contributed by atoms with Gasteiger partial charge in [-0.15, -0.1) is 16.4 Å². The Kier molecular flexibility index (Phi) is 6.88. The van der Waals surface area contributed by atoms with Crippen molar-refractivity contribution in [1.82, 2.24) is 10.2 Å². The summed E-state index contributed by atoms with van der Waals surface area (Å²) in [4.78, 5) is 47.6. The van der Waals surface area contributed by atoms with Crippen LogP contribution in [0.25, 0.3) is 0 Å². The van der Waals surface area contributed by atoms with Crippen molar-refractivity contribution < 1.29 is 33.5 Å². The van der Waals surface area contributed by atoms with Gasteiger partial charge in [0.25, 0.3) is 5.91 Å². The summed E-state index contributed by atoms with van der Waals surface area (Å²) in [5, 5.41) is 19.4. The van der Waals surface area contributed by atoms with E-state index >= 15 is 0 Å². The van der Waals surface area contributed by atoms with E-state index in [1.165, 1.54) is 14.0 Å². The van der Waals surface area contributed by atoms with E-state index in [-0.39, 0.29) is 33.5 Å². The quantitative estimate of drug-likeness (QED) is 0.366. The lowest BCUT2D eigenvalue weighted by Crippen LogP contribution is -2.16. The summed E-state index contributed by atoms with van der Waals surface area (Å²) in [5.74, 6) is -2.77. The maximum atomic E-state index is 12.6. The fourth-order valence-corrected chi connectivity index (χ4v) is 3.46. The number of hydrogen-bond acceptors (Lipinski definition) is 10. The van der Waals surface area contributed by atoms with Crippen molar-refractivity contribution >= 4 is 39.9 Å². The number of amides is 1. The summed E-state index contributed by atoms with van der Waals surface area (Å²) >= 11 is 0.788. The number of nitrogens with one attached hydrogen (secondary N) is 2. The molecule has 0 fully saturated rings. The van der Waals surface area contributed by atoms with Crippen LogP contribution in [0, 0.1) is 17.0 Å². The van der Waals surface area contributed by atoms with Crippen LogP contribution < -0.4 is 10.1 Å². The van der Waals surface area contributed by atoms with E-state index in [9.17, 15) is 24.5 Å². The van der Waals surface area contributed by atoms with E-state index in [0.717, 1.165) is 18.4 Å². The molecule has 0 saturated carbocycles. The minimum atomic E-state index is -0.949. The predicted octanol–water partition coefficient (Wildman–Crippen LogP) is 2.30. The van der Waals surface area contributed by atoms with Crippen LogP contribution in [-0.2, 0) is 9.47 Å². The smallest absolute Gasteiger partial charge is 0.362 e. The number of aromatic nitrogens is 2. The van der Waals surface area contributed by atoms with E-state index in [1.54, 1.807) is 6.92 Å². The van der Waals surface area contributed by atoms with Gasteiger partial charge < -0.3 is 19.5 Å². The molecular weight excluding hydrogens is 408 g/mol. The van der Waals surface area contributed by atoms with Crippen LogP contribution in [0.5, 0.6) is 5.88 Å². The molecule has 2 aromatic rings. The second kappa shape index (κ2) is 9.14. The highest BCUT2D eigenvalue weighted by atomic mass is 32.1. The number of ether oxygens (including phenoxy) is 3. The van der Waals surface area contributed by atoms with Gasteiger partial charge in [-0.05, 0) is 18.9 Å². The van der Waals surface area contributed by atoms with E-state index < -0.39 is 34.2 Å². The lowest BCUT2D eigenvalue weighted by molar-refractivity contribution is -0.386. The molecule has 0 bridgehead atoms. The Balaban J connectivity index is 2.47. The van der Waals surface area contributed by atoms with Gasteiger partial charge in [-0.25, -0.2) is 9.59 Å². The number of anilines is 1. The van der Waals surface area contributed by atoms with E-state index in [1.807, 2.05) is 0 Å². The summed E-state index contributed by atoms with van der Waals surface area (Å²) in [7, 11) is 2.34. The topological polar surface area (TPSA) is 163 Å². The monoisotopic (exact) mass is 426 g/mol. The minimum absolute atomic E-state index is 0.0168. The van der Waals surface area contributed by atoms with Crippen molar-refractivity contribution in [3.63, 3.8) is 0 Å². The molecule has 2 heterocycles. The molecule has 12 nitrogen and oxygen atoms in total. The van der Waals surface area contributed by atoms with Crippen molar-refractivity contribution in [2.45, 2.75) is 20.3 Å². The molecule has 156 valence electrons. The number of hydrogen-bond donors (Lipinski definition) is 2. The van der Waals surface area contributed by atoms with Crippen LogP contribution in [0.3, 0.4) is 0 Å². The molecule has 0 spiro atoms. The van der Waals surface area contributed by atoms with Crippen molar-refractivity contribution in [1.29, 1.82) is 0 Å². The lowest BCUT2D eigenvalue weighted by Gasteiger charge is -2.07. The van der Waals surface area contributed by atoms with Crippen LogP contribution in [0.15, 0.2) is 0 Å². The molecule has 0 saturated heterocycles. The molecule has 0 aliphatic heterocycles. The molecular formula is C16H18N4O8S. The Hall–Kier alpha value is -3.48. The molecule has 0 aromatic carbocycles. The maximum absolute atomic E-state index is 12.6. The number of nitrogens with zero attached hydrogens (tertiary/aromatic N) is 2. The molecule has 2 rings (SSSR count). The fraction of sp³-hybridized carbons (Fsp3) is 0.375. The number of carbonyl (C=O) groups excluding carboxylic acids is 3. The number of nitro groups is 1. The Morgan fingerprint density at radius 1 is 1.28 bits per heavy atom. The normalized spacial score (nSPS) is 10.3. The second-order valence-corrected chi connectivity index (χ2v) is 6.58. The molecule has 2 aromatic heterocycles. The molecule has 0 aliphatic carbocycles. The number of esters is 2. The van der Waals surface area contributed by atoms with Crippen molar-refractivity contribution in [2.75, 3.05) is 26.1 Å². The van der Waals surface area contributed by atoms with E-state index in [4.69, 9.17) is 9.47 Å². The molecule has 0 unspecified atom stereocenters.